The van der Waals surface area contributed by atoms with Gasteiger partial charge in [-0.05, 0) is 32.9 Å². The Morgan fingerprint density at radius 1 is 1.43 bits per heavy atom. The number of carbonyl (C=O) groups is 1. The first kappa shape index (κ1) is 13.4. The molecule has 0 aromatic carbocycles. The van der Waals surface area contributed by atoms with Crippen molar-refractivity contribution in [2.45, 2.75) is 20.8 Å². The molecule has 21 heavy (non-hydrogen) atoms. The molecule has 0 unspecified atom stereocenters. The molecule has 108 valence electrons. The maximum absolute atomic E-state index is 11.9. The molecule has 6 heteroatoms. The summed E-state index contributed by atoms with van der Waals surface area (Å²) in [5, 5.41) is 4.26. The first-order chi connectivity index (χ1) is 10.1. The highest BCUT2D eigenvalue weighted by molar-refractivity contribution is 5.95. The fourth-order valence-electron chi connectivity index (χ4n) is 2.33. The van der Waals surface area contributed by atoms with Gasteiger partial charge < -0.3 is 9.15 Å². The third kappa shape index (κ3) is 2.18. The minimum absolute atomic E-state index is 0.315. The molecule has 0 aliphatic carbocycles. The molecule has 3 rings (SSSR count). The van der Waals surface area contributed by atoms with Crippen molar-refractivity contribution < 1.29 is 13.9 Å². The smallest absolute Gasteiger partial charge is 0.343 e. The monoisotopic (exact) mass is 285 g/mol. The van der Waals surface area contributed by atoms with Crippen molar-refractivity contribution in [3.63, 3.8) is 0 Å². The highest BCUT2D eigenvalue weighted by Crippen LogP contribution is 2.27. The number of rotatable bonds is 3. The normalized spacial score (nSPS) is 11.0. The number of ether oxygens (including phenoxy) is 1. The van der Waals surface area contributed by atoms with Crippen LogP contribution >= 0.6 is 0 Å². The van der Waals surface area contributed by atoms with E-state index >= 15 is 0 Å². The molecule has 3 aromatic rings. The fourth-order valence-corrected chi connectivity index (χ4v) is 2.33. The van der Waals surface area contributed by atoms with E-state index < -0.39 is 5.97 Å². The predicted molar refractivity (Wildman–Crippen MR) is 76.1 cm³/mol. The van der Waals surface area contributed by atoms with Gasteiger partial charge in [0.1, 0.15) is 17.1 Å². The molecule has 0 aliphatic heterocycles. The Hall–Kier alpha value is -2.63. The van der Waals surface area contributed by atoms with E-state index in [1.807, 2.05) is 26.0 Å². The lowest BCUT2D eigenvalue weighted by Gasteiger charge is -2.03. The number of aromatic nitrogens is 3. The minimum atomic E-state index is -0.419. The first-order valence-corrected chi connectivity index (χ1v) is 6.69. The van der Waals surface area contributed by atoms with E-state index in [0.717, 1.165) is 22.8 Å². The Balaban J connectivity index is 2.18. The van der Waals surface area contributed by atoms with E-state index in [9.17, 15) is 4.79 Å². The zero-order chi connectivity index (χ0) is 15.0. The topological polar surface area (TPSA) is 69.6 Å². The molecule has 3 heterocycles. The van der Waals surface area contributed by atoms with Gasteiger partial charge in [-0.1, -0.05) is 0 Å². The summed E-state index contributed by atoms with van der Waals surface area (Å²) in [7, 11) is 0. The van der Waals surface area contributed by atoms with Crippen molar-refractivity contribution in [1.82, 2.24) is 14.6 Å². The predicted octanol–water partition coefficient (Wildman–Crippen LogP) is 2.78. The van der Waals surface area contributed by atoms with Gasteiger partial charge in [-0.2, -0.15) is 5.10 Å². The van der Waals surface area contributed by atoms with Crippen molar-refractivity contribution in [1.29, 1.82) is 0 Å². The second-order valence-electron chi connectivity index (χ2n) is 4.67. The second kappa shape index (κ2) is 5.05. The third-order valence-corrected chi connectivity index (χ3v) is 3.21. The number of carbonyl (C=O) groups excluding carboxylic acids is 1. The van der Waals surface area contributed by atoms with Crippen molar-refractivity contribution in [3.05, 3.63) is 41.6 Å². The summed E-state index contributed by atoms with van der Waals surface area (Å²) in [4.78, 5) is 16.1. The lowest BCUT2D eigenvalue weighted by atomic mass is 10.2. The van der Waals surface area contributed by atoms with Gasteiger partial charge >= 0.3 is 5.97 Å². The van der Waals surface area contributed by atoms with Crippen LogP contribution in [0.5, 0.6) is 0 Å². The number of furan rings is 1. The average Bonchev–Trinajstić information content (AvgIpc) is 3.02. The molecule has 6 nitrogen and oxygen atoms in total. The Morgan fingerprint density at radius 3 is 2.90 bits per heavy atom. The minimum Gasteiger partial charge on any atom is -0.466 e. The van der Waals surface area contributed by atoms with Crippen LogP contribution in [-0.2, 0) is 4.74 Å². The Labute approximate surface area is 121 Å². The van der Waals surface area contributed by atoms with Crippen LogP contribution in [0.2, 0.25) is 0 Å². The Bertz CT molecular complexity index is 817. The third-order valence-electron chi connectivity index (χ3n) is 3.21. The van der Waals surface area contributed by atoms with Gasteiger partial charge in [0.25, 0.3) is 0 Å². The van der Waals surface area contributed by atoms with Crippen LogP contribution in [0.4, 0.5) is 0 Å². The van der Waals surface area contributed by atoms with Gasteiger partial charge in [-0.15, -0.1) is 0 Å². The summed E-state index contributed by atoms with van der Waals surface area (Å²) in [5.74, 6) is 1.20. The van der Waals surface area contributed by atoms with Gasteiger partial charge in [0.2, 0.25) is 0 Å². The number of esters is 1. The van der Waals surface area contributed by atoms with Crippen LogP contribution in [0.25, 0.3) is 16.9 Å². The fraction of sp³-hybridized carbons (Fsp3) is 0.267. The number of hydrogen-bond acceptors (Lipinski definition) is 5. The van der Waals surface area contributed by atoms with E-state index in [4.69, 9.17) is 9.15 Å². The lowest BCUT2D eigenvalue weighted by Crippen LogP contribution is -2.05. The molecule has 0 spiro atoms. The second-order valence-corrected chi connectivity index (χ2v) is 4.67. The zero-order valence-corrected chi connectivity index (χ0v) is 12.1. The standard InChI is InChI=1S/C15H15N3O3/c1-4-20-15(19)12-8-17-18-13(5-6-16-14(12)18)11-7-9(2)21-10(11)3/h5-8H,4H2,1-3H3. The van der Waals surface area contributed by atoms with Gasteiger partial charge in [-0.25, -0.2) is 14.3 Å². The van der Waals surface area contributed by atoms with Crippen molar-refractivity contribution in [2.75, 3.05) is 6.61 Å². The summed E-state index contributed by atoms with van der Waals surface area (Å²) in [6, 6.07) is 3.78. The molecule has 0 aliphatic rings. The molecule has 0 amide bonds. The molecule has 0 fully saturated rings. The van der Waals surface area contributed by atoms with Crippen LogP contribution in [-0.4, -0.2) is 27.2 Å². The summed E-state index contributed by atoms with van der Waals surface area (Å²) >= 11 is 0. The van der Waals surface area contributed by atoms with Gasteiger partial charge in [-0.3, -0.25) is 0 Å². The molecule has 0 bridgehead atoms. The van der Waals surface area contributed by atoms with Crippen molar-refractivity contribution in [2.24, 2.45) is 0 Å². The number of fused-ring (bicyclic) bond motifs is 1. The maximum atomic E-state index is 11.9. The lowest BCUT2D eigenvalue weighted by molar-refractivity contribution is 0.0528. The Kier molecular flexibility index (Phi) is 3.21. The molecular formula is C15H15N3O3. The van der Waals surface area contributed by atoms with E-state index in [2.05, 4.69) is 10.1 Å². The summed E-state index contributed by atoms with van der Waals surface area (Å²) in [6.45, 7) is 5.86. The van der Waals surface area contributed by atoms with Crippen LogP contribution in [0, 0.1) is 13.8 Å². The quantitative estimate of drug-likeness (QED) is 0.692. The largest absolute Gasteiger partial charge is 0.466 e. The molecule has 0 atom stereocenters. The molecule has 0 saturated heterocycles. The summed E-state index contributed by atoms with van der Waals surface area (Å²) in [6.07, 6.45) is 3.13. The van der Waals surface area contributed by atoms with E-state index in [1.165, 1.54) is 6.20 Å². The summed E-state index contributed by atoms with van der Waals surface area (Å²) < 4.78 is 12.2. The van der Waals surface area contributed by atoms with Gasteiger partial charge in [0, 0.05) is 11.8 Å². The molecule has 0 saturated carbocycles. The van der Waals surface area contributed by atoms with E-state index in [0.29, 0.717) is 17.8 Å². The van der Waals surface area contributed by atoms with E-state index in [1.54, 1.807) is 17.6 Å². The summed E-state index contributed by atoms with van der Waals surface area (Å²) in [5.41, 5.74) is 2.59. The maximum Gasteiger partial charge on any atom is 0.343 e. The highest BCUT2D eigenvalue weighted by atomic mass is 16.5. The van der Waals surface area contributed by atoms with Crippen molar-refractivity contribution in [3.8, 4) is 11.3 Å². The van der Waals surface area contributed by atoms with E-state index in [-0.39, 0.29) is 0 Å². The molecular weight excluding hydrogens is 270 g/mol. The van der Waals surface area contributed by atoms with Gasteiger partial charge in [0.15, 0.2) is 5.65 Å². The number of hydrogen-bond donors (Lipinski definition) is 0. The highest BCUT2D eigenvalue weighted by Gasteiger charge is 2.18. The van der Waals surface area contributed by atoms with Crippen molar-refractivity contribution >= 4 is 11.6 Å². The van der Waals surface area contributed by atoms with Crippen LogP contribution in [0.15, 0.2) is 28.9 Å². The molecule has 0 radical (unpaired) electrons. The number of aryl methyl sites for hydroxylation is 2. The first-order valence-electron chi connectivity index (χ1n) is 6.69. The van der Waals surface area contributed by atoms with Crippen LogP contribution < -0.4 is 0 Å². The molecule has 3 aromatic heterocycles. The average molecular weight is 285 g/mol. The SMILES string of the molecule is CCOC(=O)c1cnn2c(-c3cc(C)oc3C)ccnc12. The Morgan fingerprint density at radius 2 is 2.24 bits per heavy atom. The van der Waals surface area contributed by atoms with Gasteiger partial charge in [0.05, 0.1) is 18.5 Å². The zero-order valence-electron chi connectivity index (χ0n) is 12.1. The molecule has 0 N–H and O–H groups in total. The van der Waals surface area contributed by atoms with Crippen LogP contribution in [0.3, 0.4) is 0 Å². The van der Waals surface area contributed by atoms with Crippen LogP contribution in [0.1, 0.15) is 28.8 Å². The number of nitrogens with zero attached hydrogens (tertiary/aromatic N) is 3.